The molecule has 146 valence electrons. The summed E-state index contributed by atoms with van der Waals surface area (Å²) >= 11 is 5.30. The van der Waals surface area contributed by atoms with Gasteiger partial charge in [-0.3, -0.25) is 0 Å². The van der Waals surface area contributed by atoms with Gasteiger partial charge in [-0.1, -0.05) is 0 Å². The van der Waals surface area contributed by atoms with Gasteiger partial charge in [-0.05, 0) is 61.6 Å². The molecule has 2 N–H and O–H groups in total. The molecule has 3 rings (SSSR count). The highest BCUT2D eigenvalue weighted by atomic mass is 32.1. The Morgan fingerprint density at radius 2 is 1.89 bits per heavy atom. The van der Waals surface area contributed by atoms with Crippen LogP contribution in [0.2, 0.25) is 0 Å². The largest absolute Gasteiger partial charge is 0.497 e. The molecule has 0 atom stereocenters. The smallest absolute Gasteiger partial charge is 0.216 e. The van der Waals surface area contributed by atoms with Crippen molar-refractivity contribution in [3.05, 3.63) is 52.8 Å². The summed E-state index contributed by atoms with van der Waals surface area (Å²) in [7, 11) is 3.21. The van der Waals surface area contributed by atoms with Crippen LogP contribution in [0.15, 0.2) is 47.6 Å². The van der Waals surface area contributed by atoms with Gasteiger partial charge in [-0.15, -0.1) is 0 Å². The number of hydrazone groups is 1. The van der Waals surface area contributed by atoms with Crippen molar-refractivity contribution in [3.8, 4) is 28.6 Å². The molecule has 9 heteroatoms. The summed E-state index contributed by atoms with van der Waals surface area (Å²) in [6.45, 7) is 2.56. The second-order valence-corrected chi connectivity index (χ2v) is 6.00. The zero-order valence-electron chi connectivity index (χ0n) is 15.8. The van der Waals surface area contributed by atoms with E-state index < -0.39 is 0 Å². The number of nitrogens with one attached hydrogen (secondary N) is 2. The molecule has 0 radical (unpaired) electrons. The molecule has 3 aromatic rings. The maximum atomic E-state index is 5.47. The van der Waals surface area contributed by atoms with E-state index in [0.717, 1.165) is 16.9 Å². The van der Waals surface area contributed by atoms with Gasteiger partial charge in [-0.25, -0.2) is 10.6 Å². The topological polar surface area (TPSA) is 85.7 Å². The average molecular weight is 399 g/mol. The molecule has 1 aromatic heterocycles. The summed E-state index contributed by atoms with van der Waals surface area (Å²) in [4.78, 5) is 0. The average Bonchev–Trinajstić information content (AvgIpc) is 3.09. The number of benzene rings is 2. The van der Waals surface area contributed by atoms with Crippen LogP contribution in [0.4, 0.5) is 0 Å². The Morgan fingerprint density at radius 1 is 1.14 bits per heavy atom. The Morgan fingerprint density at radius 3 is 2.57 bits per heavy atom. The lowest BCUT2D eigenvalue weighted by Gasteiger charge is -2.08. The van der Waals surface area contributed by atoms with Gasteiger partial charge < -0.3 is 14.2 Å². The molecule has 0 amide bonds. The number of hydrogen-bond acceptors (Lipinski definition) is 7. The summed E-state index contributed by atoms with van der Waals surface area (Å²) in [5.74, 6) is 2.77. The Kier molecular flexibility index (Phi) is 6.28. The third kappa shape index (κ3) is 4.32. The maximum absolute atomic E-state index is 5.47. The van der Waals surface area contributed by atoms with Crippen LogP contribution in [-0.4, -0.2) is 41.9 Å². The van der Waals surface area contributed by atoms with E-state index in [0.29, 0.717) is 28.7 Å². The summed E-state index contributed by atoms with van der Waals surface area (Å²) in [6.07, 6.45) is 1.62. The van der Waals surface area contributed by atoms with Crippen molar-refractivity contribution in [2.45, 2.75) is 6.92 Å². The molecule has 2 aromatic carbocycles. The fraction of sp³-hybridized carbons (Fsp3) is 0.211. The molecular formula is C19H21N5O3S. The molecule has 0 fully saturated rings. The van der Waals surface area contributed by atoms with E-state index in [-0.39, 0.29) is 0 Å². The molecule has 0 unspecified atom stereocenters. The first kappa shape index (κ1) is 19.4. The number of rotatable bonds is 8. The highest BCUT2D eigenvalue weighted by Gasteiger charge is 2.09. The van der Waals surface area contributed by atoms with E-state index in [9.17, 15) is 0 Å². The van der Waals surface area contributed by atoms with Crippen molar-refractivity contribution in [1.82, 2.24) is 14.9 Å². The van der Waals surface area contributed by atoms with Gasteiger partial charge in [0.2, 0.25) is 4.77 Å². The van der Waals surface area contributed by atoms with Crippen molar-refractivity contribution >= 4 is 18.4 Å². The molecular weight excluding hydrogens is 378 g/mol. The minimum Gasteiger partial charge on any atom is -0.497 e. The first-order chi connectivity index (χ1) is 13.7. The molecule has 8 nitrogen and oxygen atoms in total. The SMILES string of the molecule is CCOc1ccc(-c2n[nH]c(=S)n2N/N=C/c2cc(OC)ccc2OC)cc1. The number of ether oxygens (including phenoxy) is 3. The van der Waals surface area contributed by atoms with Gasteiger partial charge >= 0.3 is 0 Å². The van der Waals surface area contributed by atoms with Crippen molar-refractivity contribution in [1.29, 1.82) is 0 Å². The minimum atomic E-state index is 0.388. The Hall–Kier alpha value is -3.33. The van der Waals surface area contributed by atoms with Gasteiger partial charge in [0.1, 0.15) is 17.2 Å². The van der Waals surface area contributed by atoms with Crippen LogP contribution in [0, 0.1) is 4.77 Å². The predicted molar refractivity (Wildman–Crippen MR) is 111 cm³/mol. The lowest BCUT2D eigenvalue weighted by atomic mass is 10.2. The predicted octanol–water partition coefficient (Wildman–Crippen LogP) is 3.60. The summed E-state index contributed by atoms with van der Waals surface area (Å²) < 4.78 is 18.0. The summed E-state index contributed by atoms with van der Waals surface area (Å²) in [6, 6.07) is 13.0. The van der Waals surface area contributed by atoms with E-state index in [2.05, 4.69) is 20.8 Å². The van der Waals surface area contributed by atoms with Crippen LogP contribution in [0.5, 0.6) is 17.2 Å². The number of aromatic amines is 1. The second-order valence-electron chi connectivity index (χ2n) is 5.61. The zero-order chi connectivity index (χ0) is 19.9. The van der Waals surface area contributed by atoms with Gasteiger partial charge in [0, 0.05) is 11.1 Å². The van der Waals surface area contributed by atoms with E-state index in [1.807, 2.05) is 49.4 Å². The number of aromatic nitrogens is 3. The van der Waals surface area contributed by atoms with Gasteiger partial charge in [0.15, 0.2) is 5.82 Å². The van der Waals surface area contributed by atoms with Crippen molar-refractivity contribution in [2.24, 2.45) is 5.10 Å². The third-order valence-corrected chi connectivity index (χ3v) is 4.17. The van der Waals surface area contributed by atoms with Gasteiger partial charge in [0.25, 0.3) is 0 Å². The van der Waals surface area contributed by atoms with Crippen molar-refractivity contribution in [2.75, 3.05) is 26.4 Å². The fourth-order valence-corrected chi connectivity index (χ4v) is 2.72. The maximum Gasteiger partial charge on any atom is 0.216 e. The Bertz CT molecular complexity index is 1010. The molecule has 0 saturated carbocycles. The third-order valence-electron chi connectivity index (χ3n) is 3.89. The first-order valence-electron chi connectivity index (χ1n) is 8.58. The Labute approximate surface area is 167 Å². The normalized spacial score (nSPS) is 10.8. The molecule has 0 aliphatic heterocycles. The van der Waals surface area contributed by atoms with Gasteiger partial charge in [0.05, 0.1) is 27.0 Å². The second kappa shape index (κ2) is 9.05. The molecule has 0 aliphatic carbocycles. The molecule has 0 aliphatic rings. The Balaban J connectivity index is 1.83. The standard InChI is InChI=1S/C19H21N5O3S/c1-4-27-15-7-5-13(6-8-15)18-21-22-19(28)24(18)23-20-12-14-11-16(25-2)9-10-17(14)26-3/h5-12,23H,4H2,1-3H3,(H,22,28)/b20-12+. The molecule has 0 spiro atoms. The lowest BCUT2D eigenvalue weighted by molar-refractivity contribution is 0.340. The van der Waals surface area contributed by atoms with Crippen LogP contribution in [0.25, 0.3) is 11.4 Å². The number of methoxy groups -OCH3 is 2. The van der Waals surface area contributed by atoms with E-state index in [1.54, 1.807) is 25.1 Å². The van der Waals surface area contributed by atoms with Crippen LogP contribution in [0.1, 0.15) is 12.5 Å². The van der Waals surface area contributed by atoms with E-state index in [4.69, 9.17) is 26.4 Å². The quantitative estimate of drug-likeness (QED) is 0.342. The van der Waals surface area contributed by atoms with E-state index in [1.165, 1.54) is 0 Å². The van der Waals surface area contributed by atoms with Crippen molar-refractivity contribution in [3.63, 3.8) is 0 Å². The van der Waals surface area contributed by atoms with Gasteiger partial charge in [-0.2, -0.15) is 14.9 Å². The fourth-order valence-electron chi connectivity index (χ4n) is 2.55. The lowest BCUT2D eigenvalue weighted by Crippen LogP contribution is -2.11. The van der Waals surface area contributed by atoms with E-state index >= 15 is 0 Å². The van der Waals surface area contributed by atoms with Crippen LogP contribution in [0.3, 0.4) is 0 Å². The zero-order valence-corrected chi connectivity index (χ0v) is 16.6. The monoisotopic (exact) mass is 399 g/mol. The molecule has 0 bridgehead atoms. The number of H-pyrrole nitrogens is 1. The highest BCUT2D eigenvalue weighted by molar-refractivity contribution is 7.71. The highest BCUT2D eigenvalue weighted by Crippen LogP contribution is 2.23. The molecule has 28 heavy (non-hydrogen) atoms. The van der Waals surface area contributed by atoms with Crippen LogP contribution < -0.4 is 19.7 Å². The molecule has 1 heterocycles. The number of hydrogen-bond donors (Lipinski definition) is 2. The number of nitrogens with zero attached hydrogens (tertiary/aromatic N) is 3. The minimum absolute atomic E-state index is 0.388. The van der Waals surface area contributed by atoms with Crippen LogP contribution in [-0.2, 0) is 0 Å². The van der Waals surface area contributed by atoms with Crippen molar-refractivity contribution < 1.29 is 14.2 Å². The summed E-state index contributed by atoms with van der Waals surface area (Å²) in [5, 5.41) is 11.3. The first-order valence-corrected chi connectivity index (χ1v) is 8.98. The summed E-state index contributed by atoms with van der Waals surface area (Å²) in [5.41, 5.74) is 4.51. The van der Waals surface area contributed by atoms with Crippen LogP contribution >= 0.6 is 12.2 Å². The molecule has 0 saturated heterocycles.